The van der Waals surface area contributed by atoms with Gasteiger partial charge in [-0.15, -0.1) is 0 Å². The lowest BCUT2D eigenvalue weighted by molar-refractivity contribution is 0.328. The fourth-order valence-electron chi connectivity index (χ4n) is 2.05. The van der Waals surface area contributed by atoms with Gasteiger partial charge in [0, 0.05) is 6.54 Å². The molecule has 3 nitrogen and oxygen atoms in total. The first-order valence-corrected chi connectivity index (χ1v) is 5.86. The van der Waals surface area contributed by atoms with Gasteiger partial charge in [-0.3, -0.25) is 4.99 Å². The number of guanidine groups is 1. The monoisotopic (exact) mass is 197 g/mol. The normalized spacial score (nSPS) is 21.4. The van der Waals surface area contributed by atoms with Crippen molar-refractivity contribution < 1.29 is 0 Å². The molecule has 0 aromatic rings. The topological polar surface area (TPSA) is 41.6 Å². The zero-order valence-corrected chi connectivity index (χ0v) is 9.50. The third kappa shape index (κ3) is 2.89. The van der Waals surface area contributed by atoms with Crippen LogP contribution >= 0.6 is 0 Å². The molecular weight excluding hydrogens is 174 g/mol. The lowest BCUT2D eigenvalue weighted by Gasteiger charge is -2.24. The van der Waals surface area contributed by atoms with Crippen LogP contribution in [0.4, 0.5) is 0 Å². The molecule has 0 saturated heterocycles. The Morgan fingerprint density at radius 3 is 2.79 bits per heavy atom. The van der Waals surface area contributed by atoms with Crippen molar-refractivity contribution in [2.45, 2.75) is 52.0 Å². The molecule has 0 aromatic heterocycles. The average Bonchev–Trinajstić information content (AvgIpc) is 2.54. The van der Waals surface area contributed by atoms with E-state index in [0.29, 0.717) is 6.04 Å². The van der Waals surface area contributed by atoms with Gasteiger partial charge in [0.15, 0.2) is 5.96 Å². The first-order valence-electron chi connectivity index (χ1n) is 5.86. The van der Waals surface area contributed by atoms with E-state index in [1.807, 2.05) is 0 Å². The molecule has 0 fully saturated rings. The molecule has 0 spiro atoms. The van der Waals surface area contributed by atoms with Gasteiger partial charge in [-0.25, -0.2) is 0 Å². The Hall–Kier alpha value is -0.730. The van der Waals surface area contributed by atoms with Gasteiger partial charge in [-0.05, 0) is 13.3 Å². The summed E-state index contributed by atoms with van der Waals surface area (Å²) >= 11 is 0. The molecule has 3 heteroatoms. The van der Waals surface area contributed by atoms with Crippen molar-refractivity contribution in [3.8, 4) is 0 Å². The summed E-state index contributed by atoms with van der Waals surface area (Å²) < 4.78 is 0. The number of likely N-dealkylation sites (N-methyl/N-ethyl adjacent to an activating group) is 1. The molecule has 1 unspecified atom stereocenters. The number of nitrogens with zero attached hydrogens (tertiary/aromatic N) is 2. The Labute approximate surface area is 87.4 Å². The first kappa shape index (κ1) is 11.3. The van der Waals surface area contributed by atoms with Crippen LogP contribution in [0.3, 0.4) is 0 Å². The van der Waals surface area contributed by atoms with E-state index < -0.39 is 0 Å². The Kier molecular flexibility index (Phi) is 4.77. The average molecular weight is 197 g/mol. The molecule has 0 aromatic carbocycles. The third-order valence-corrected chi connectivity index (χ3v) is 2.93. The van der Waals surface area contributed by atoms with Crippen molar-refractivity contribution in [2.75, 3.05) is 13.1 Å². The molecule has 1 aliphatic rings. The van der Waals surface area contributed by atoms with Crippen LogP contribution in [0.5, 0.6) is 0 Å². The predicted molar refractivity (Wildman–Crippen MR) is 61.4 cm³/mol. The van der Waals surface area contributed by atoms with Gasteiger partial charge in [0.1, 0.15) is 0 Å². The van der Waals surface area contributed by atoms with E-state index in [1.54, 1.807) is 0 Å². The molecule has 0 saturated carbocycles. The van der Waals surface area contributed by atoms with Crippen LogP contribution in [-0.4, -0.2) is 30.0 Å². The molecule has 1 aliphatic heterocycles. The molecule has 0 radical (unpaired) electrons. The smallest absolute Gasteiger partial charge is 0.191 e. The highest BCUT2D eigenvalue weighted by atomic mass is 15.3. The Morgan fingerprint density at radius 1 is 1.36 bits per heavy atom. The van der Waals surface area contributed by atoms with Crippen molar-refractivity contribution in [2.24, 2.45) is 10.7 Å². The highest BCUT2D eigenvalue weighted by molar-refractivity contribution is 5.80. The van der Waals surface area contributed by atoms with E-state index in [9.17, 15) is 0 Å². The number of aliphatic imine (C=N–C) groups is 1. The van der Waals surface area contributed by atoms with Crippen molar-refractivity contribution >= 4 is 5.96 Å². The van der Waals surface area contributed by atoms with Crippen molar-refractivity contribution in [3.63, 3.8) is 0 Å². The van der Waals surface area contributed by atoms with Gasteiger partial charge in [0.05, 0.1) is 12.6 Å². The lowest BCUT2D eigenvalue weighted by Crippen LogP contribution is -2.40. The fraction of sp³-hybridized carbons (Fsp3) is 0.909. The highest BCUT2D eigenvalue weighted by Gasteiger charge is 2.23. The maximum absolute atomic E-state index is 5.79. The van der Waals surface area contributed by atoms with Gasteiger partial charge >= 0.3 is 0 Å². The molecule has 14 heavy (non-hydrogen) atoms. The molecule has 1 atom stereocenters. The van der Waals surface area contributed by atoms with Crippen LogP contribution in [0.2, 0.25) is 0 Å². The minimum absolute atomic E-state index is 0.580. The molecule has 0 bridgehead atoms. The Bertz CT molecular complexity index is 189. The summed E-state index contributed by atoms with van der Waals surface area (Å²) in [4.78, 5) is 6.52. The van der Waals surface area contributed by atoms with E-state index >= 15 is 0 Å². The predicted octanol–water partition coefficient (Wildman–Crippen LogP) is 1.98. The molecule has 1 heterocycles. The summed E-state index contributed by atoms with van der Waals surface area (Å²) in [5.74, 6) is 0.744. The fourth-order valence-corrected chi connectivity index (χ4v) is 2.05. The largest absolute Gasteiger partial charge is 0.370 e. The maximum Gasteiger partial charge on any atom is 0.191 e. The number of hydrogen-bond acceptors (Lipinski definition) is 3. The summed E-state index contributed by atoms with van der Waals surface area (Å²) in [6.45, 7) is 6.29. The number of nitrogens with two attached hydrogens (primary N) is 1. The molecular formula is C11H23N3. The molecule has 2 N–H and O–H groups in total. The van der Waals surface area contributed by atoms with Crippen molar-refractivity contribution in [1.29, 1.82) is 0 Å². The third-order valence-electron chi connectivity index (χ3n) is 2.93. The summed E-state index contributed by atoms with van der Waals surface area (Å²) in [5.41, 5.74) is 5.79. The van der Waals surface area contributed by atoms with Crippen LogP contribution in [-0.2, 0) is 0 Å². The van der Waals surface area contributed by atoms with Gasteiger partial charge in [0.2, 0.25) is 0 Å². The van der Waals surface area contributed by atoms with E-state index in [-0.39, 0.29) is 0 Å². The minimum atomic E-state index is 0.580. The van der Waals surface area contributed by atoms with Crippen LogP contribution in [0.25, 0.3) is 0 Å². The summed E-state index contributed by atoms with van der Waals surface area (Å²) in [6.07, 6.45) is 6.58. The lowest BCUT2D eigenvalue weighted by atomic mass is 10.1. The summed E-state index contributed by atoms with van der Waals surface area (Å²) in [7, 11) is 0. The van der Waals surface area contributed by atoms with E-state index in [0.717, 1.165) is 19.0 Å². The van der Waals surface area contributed by atoms with Crippen LogP contribution in [0, 0.1) is 0 Å². The van der Waals surface area contributed by atoms with Gasteiger partial charge in [0.25, 0.3) is 0 Å². The second-order valence-corrected chi connectivity index (χ2v) is 3.99. The second-order valence-electron chi connectivity index (χ2n) is 3.99. The van der Waals surface area contributed by atoms with Crippen LogP contribution in [0.15, 0.2) is 4.99 Å². The quantitative estimate of drug-likeness (QED) is 0.661. The molecule has 0 amide bonds. The maximum atomic E-state index is 5.79. The number of rotatable bonds is 6. The van der Waals surface area contributed by atoms with Gasteiger partial charge < -0.3 is 10.6 Å². The minimum Gasteiger partial charge on any atom is -0.370 e. The number of hydrogen-bond donors (Lipinski definition) is 1. The van der Waals surface area contributed by atoms with E-state index in [1.165, 1.54) is 32.1 Å². The SMILES string of the molecule is CCCCCCC1CN=C(N)N1CC. The zero-order valence-electron chi connectivity index (χ0n) is 9.50. The van der Waals surface area contributed by atoms with Gasteiger partial charge in [-0.2, -0.15) is 0 Å². The van der Waals surface area contributed by atoms with E-state index in [2.05, 4.69) is 23.7 Å². The summed E-state index contributed by atoms with van der Waals surface area (Å²) in [6, 6.07) is 0.580. The highest BCUT2D eigenvalue weighted by Crippen LogP contribution is 2.15. The molecule has 1 rings (SSSR count). The second kappa shape index (κ2) is 5.89. The van der Waals surface area contributed by atoms with Crippen molar-refractivity contribution in [3.05, 3.63) is 0 Å². The van der Waals surface area contributed by atoms with Gasteiger partial charge in [-0.1, -0.05) is 32.6 Å². The van der Waals surface area contributed by atoms with E-state index in [4.69, 9.17) is 5.73 Å². The van der Waals surface area contributed by atoms with Crippen molar-refractivity contribution in [1.82, 2.24) is 4.90 Å². The van der Waals surface area contributed by atoms with Crippen LogP contribution < -0.4 is 5.73 Å². The Balaban J connectivity index is 2.19. The van der Waals surface area contributed by atoms with Crippen LogP contribution in [0.1, 0.15) is 46.0 Å². The zero-order chi connectivity index (χ0) is 10.4. The Morgan fingerprint density at radius 2 is 2.14 bits per heavy atom. The standard InChI is InChI=1S/C11H23N3/c1-3-5-6-7-8-10-9-13-11(12)14(10)4-2/h10H,3-9H2,1-2H3,(H2,12,13). The molecule has 0 aliphatic carbocycles. The number of unbranched alkanes of at least 4 members (excludes halogenated alkanes) is 3. The molecule has 82 valence electrons. The first-order chi connectivity index (χ1) is 6.79. The summed E-state index contributed by atoms with van der Waals surface area (Å²) in [5, 5.41) is 0.